The first kappa shape index (κ1) is 15.1. The number of hydrogen-bond acceptors (Lipinski definition) is 0. The fourth-order valence-electron chi connectivity index (χ4n) is 10.3. The molecule has 0 aromatic carbocycles. The molecule has 0 nitrogen and oxygen atoms in total. The maximum atomic E-state index is 2.47. The highest BCUT2D eigenvalue weighted by atomic mass is 14.7. The minimum atomic E-state index is 0.733. The van der Waals surface area contributed by atoms with Crippen LogP contribution in [0.2, 0.25) is 0 Å². The molecular formula is C24H37. The zero-order valence-electron chi connectivity index (χ0n) is 15.9. The highest BCUT2D eigenvalue weighted by molar-refractivity contribution is 5.25. The van der Waals surface area contributed by atoms with E-state index in [-0.39, 0.29) is 0 Å². The van der Waals surface area contributed by atoms with Crippen LogP contribution in [0.4, 0.5) is 0 Å². The first-order valence-corrected chi connectivity index (χ1v) is 11.5. The Bertz CT molecular complexity index is 400. The predicted octanol–water partition coefficient (Wildman–Crippen LogP) is 6.79. The zero-order valence-corrected chi connectivity index (χ0v) is 15.9. The normalized spacial score (nSPS) is 57.2. The van der Waals surface area contributed by atoms with Crippen LogP contribution in [0.3, 0.4) is 0 Å². The molecule has 8 bridgehead atoms. The summed E-state index contributed by atoms with van der Waals surface area (Å²) in [7, 11) is 0. The Balaban J connectivity index is 1.38. The molecule has 24 heavy (non-hydrogen) atoms. The van der Waals surface area contributed by atoms with Gasteiger partial charge in [-0.1, -0.05) is 13.3 Å². The van der Waals surface area contributed by atoms with Crippen LogP contribution in [0.25, 0.3) is 0 Å². The molecule has 1 radical (unpaired) electrons. The fourth-order valence-corrected chi connectivity index (χ4v) is 10.3. The van der Waals surface area contributed by atoms with Crippen molar-refractivity contribution >= 4 is 0 Å². The van der Waals surface area contributed by atoms with Crippen molar-refractivity contribution in [2.75, 3.05) is 0 Å². The van der Waals surface area contributed by atoms with Gasteiger partial charge in [-0.25, -0.2) is 0 Å². The zero-order chi connectivity index (χ0) is 15.9. The van der Waals surface area contributed by atoms with E-state index in [2.05, 4.69) is 12.8 Å². The largest absolute Gasteiger partial charge is 0.0654 e. The molecule has 0 saturated heterocycles. The molecular weight excluding hydrogens is 288 g/mol. The van der Waals surface area contributed by atoms with Crippen LogP contribution in [-0.4, -0.2) is 0 Å². The maximum absolute atomic E-state index is 2.47. The van der Waals surface area contributed by atoms with Crippen LogP contribution in [-0.2, 0) is 0 Å². The summed E-state index contributed by atoms with van der Waals surface area (Å²) < 4.78 is 0. The van der Waals surface area contributed by atoms with Gasteiger partial charge in [-0.05, 0) is 136 Å². The van der Waals surface area contributed by atoms with Crippen molar-refractivity contribution in [3.8, 4) is 0 Å². The van der Waals surface area contributed by atoms with Gasteiger partial charge in [0, 0.05) is 0 Å². The van der Waals surface area contributed by atoms with E-state index in [0.717, 1.165) is 46.3 Å². The molecule has 8 rings (SSSR count). The molecule has 0 atom stereocenters. The molecule has 0 heteroatoms. The Labute approximate surface area is 149 Å². The number of rotatable bonds is 4. The lowest BCUT2D eigenvalue weighted by molar-refractivity contribution is -0.107. The summed E-state index contributed by atoms with van der Waals surface area (Å²) in [4.78, 5) is 0. The van der Waals surface area contributed by atoms with Crippen molar-refractivity contribution in [1.82, 2.24) is 0 Å². The van der Waals surface area contributed by atoms with Crippen molar-refractivity contribution in [2.24, 2.45) is 46.3 Å². The summed E-state index contributed by atoms with van der Waals surface area (Å²) in [5.41, 5.74) is 1.47. The second kappa shape index (κ2) is 5.04. The monoisotopic (exact) mass is 325 g/mol. The molecule has 0 aliphatic heterocycles. The summed E-state index contributed by atoms with van der Waals surface area (Å²) in [6.07, 6.45) is 22.3. The van der Waals surface area contributed by atoms with E-state index in [1.165, 1.54) is 12.8 Å². The molecule has 8 aliphatic carbocycles. The quantitative estimate of drug-likeness (QED) is 0.533. The Kier molecular flexibility index (Phi) is 3.17. The molecule has 8 aliphatic rings. The van der Waals surface area contributed by atoms with Gasteiger partial charge in [0.2, 0.25) is 0 Å². The second-order valence-corrected chi connectivity index (χ2v) is 11.6. The first-order chi connectivity index (χ1) is 11.7. The Morgan fingerprint density at radius 1 is 0.583 bits per heavy atom. The molecule has 133 valence electrons. The lowest BCUT2D eigenvalue weighted by atomic mass is 9.38. The van der Waals surface area contributed by atoms with Gasteiger partial charge in [-0.15, -0.1) is 0 Å². The molecule has 0 aromatic heterocycles. The van der Waals surface area contributed by atoms with E-state index < -0.39 is 0 Å². The van der Waals surface area contributed by atoms with Crippen LogP contribution >= 0.6 is 0 Å². The first-order valence-electron chi connectivity index (χ1n) is 11.5. The summed E-state index contributed by atoms with van der Waals surface area (Å²) in [5.74, 6) is 8.92. The van der Waals surface area contributed by atoms with E-state index in [4.69, 9.17) is 0 Å². The molecule has 8 fully saturated rings. The smallest absolute Gasteiger partial charge is 0.0117 e. The lowest BCUT2D eigenvalue weighted by Crippen LogP contribution is -2.57. The topological polar surface area (TPSA) is 0 Å². The lowest BCUT2D eigenvalue weighted by Gasteiger charge is -2.67. The Morgan fingerprint density at radius 3 is 1.12 bits per heavy atom. The van der Waals surface area contributed by atoms with Crippen molar-refractivity contribution in [3.05, 3.63) is 5.92 Å². The third-order valence-corrected chi connectivity index (χ3v) is 9.86. The summed E-state index contributed by atoms with van der Waals surface area (Å²) in [6, 6.07) is 0. The average Bonchev–Trinajstić information content (AvgIpc) is 2.49. The highest BCUT2D eigenvalue weighted by Crippen LogP contribution is 2.72. The van der Waals surface area contributed by atoms with Gasteiger partial charge < -0.3 is 0 Å². The summed E-state index contributed by atoms with van der Waals surface area (Å²) in [5, 5.41) is 0. The van der Waals surface area contributed by atoms with Crippen LogP contribution in [0.15, 0.2) is 0 Å². The fraction of sp³-hybridized carbons (Fsp3) is 0.958. The van der Waals surface area contributed by atoms with Crippen LogP contribution in [0, 0.1) is 52.3 Å². The SMILES string of the molecule is CCC[C](C12CC3CC(CC(C3)C1)C2)C12CC3CC(CC(C3)C1)C2. The summed E-state index contributed by atoms with van der Waals surface area (Å²) >= 11 is 0. The Hall–Kier alpha value is 0. The van der Waals surface area contributed by atoms with Gasteiger partial charge in [0.25, 0.3) is 0 Å². The summed E-state index contributed by atoms with van der Waals surface area (Å²) in [6.45, 7) is 2.47. The molecule has 0 N–H and O–H groups in total. The van der Waals surface area contributed by atoms with Gasteiger partial charge in [-0.3, -0.25) is 0 Å². The van der Waals surface area contributed by atoms with Crippen LogP contribution in [0.5, 0.6) is 0 Å². The number of hydrogen-bond donors (Lipinski definition) is 0. The molecule has 0 heterocycles. The van der Waals surface area contributed by atoms with E-state index in [0.29, 0.717) is 0 Å². The maximum Gasteiger partial charge on any atom is -0.0117 e. The molecule has 0 amide bonds. The van der Waals surface area contributed by atoms with Gasteiger partial charge in [-0.2, -0.15) is 0 Å². The molecule has 0 aromatic rings. The van der Waals surface area contributed by atoms with Crippen molar-refractivity contribution in [1.29, 1.82) is 0 Å². The minimum Gasteiger partial charge on any atom is -0.0654 e. The Morgan fingerprint density at radius 2 is 0.875 bits per heavy atom. The molecule has 8 saturated carbocycles. The van der Waals surface area contributed by atoms with Crippen LogP contribution < -0.4 is 0 Å². The van der Waals surface area contributed by atoms with Gasteiger partial charge in [0.05, 0.1) is 0 Å². The van der Waals surface area contributed by atoms with E-state index in [1.807, 2.05) is 0 Å². The van der Waals surface area contributed by atoms with E-state index in [1.54, 1.807) is 77.0 Å². The van der Waals surface area contributed by atoms with E-state index in [9.17, 15) is 0 Å². The molecule has 0 spiro atoms. The standard InChI is InChI=1S/C24H37/c1-2-3-22(23-10-16-4-17(11-23)6-18(5-16)12-23)24-13-19-7-20(14-24)9-21(8-19)15-24/h16-21H,2-15H2,1H3. The predicted molar refractivity (Wildman–Crippen MR) is 99.4 cm³/mol. The van der Waals surface area contributed by atoms with Crippen LogP contribution in [0.1, 0.15) is 96.8 Å². The third-order valence-electron chi connectivity index (χ3n) is 9.86. The van der Waals surface area contributed by atoms with Gasteiger partial charge >= 0.3 is 0 Å². The van der Waals surface area contributed by atoms with E-state index >= 15 is 0 Å². The van der Waals surface area contributed by atoms with Crippen molar-refractivity contribution in [2.45, 2.75) is 96.8 Å². The van der Waals surface area contributed by atoms with Gasteiger partial charge in [0.1, 0.15) is 0 Å². The molecule has 0 unspecified atom stereocenters. The van der Waals surface area contributed by atoms with Crippen molar-refractivity contribution in [3.63, 3.8) is 0 Å². The highest BCUT2D eigenvalue weighted by Gasteiger charge is 2.62. The average molecular weight is 326 g/mol. The second-order valence-electron chi connectivity index (χ2n) is 11.6. The van der Waals surface area contributed by atoms with Crippen molar-refractivity contribution < 1.29 is 0 Å². The third kappa shape index (κ3) is 2.04. The minimum absolute atomic E-state index is 0.733. The van der Waals surface area contributed by atoms with Gasteiger partial charge in [0.15, 0.2) is 0 Å².